The predicted molar refractivity (Wildman–Crippen MR) is 113 cm³/mol. The summed E-state index contributed by atoms with van der Waals surface area (Å²) >= 11 is 0. The minimum atomic E-state index is -0.0138. The number of likely N-dealkylation sites (N-methyl/N-ethyl adjacent to an activating group) is 1. The summed E-state index contributed by atoms with van der Waals surface area (Å²) in [6, 6.07) is 8.54. The highest BCUT2D eigenvalue weighted by Crippen LogP contribution is 2.21. The van der Waals surface area contributed by atoms with Gasteiger partial charge < -0.3 is 19.1 Å². The normalized spacial score (nSPS) is 19.0. The van der Waals surface area contributed by atoms with Crippen molar-refractivity contribution in [2.45, 2.75) is 20.4 Å². The zero-order valence-corrected chi connectivity index (χ0v) is 17.5. The van der Waals surface area contributed by atoms with Crippen molar-refractivity contribution in [2.24, 2.45) is 0 Å². The number of piperazine rings is 2. The van der Waals surface area contributed by atoms with Crippen molar-refractivity contribution in [1.29, 1.82) is 0 Å². The molecule has 0 N–H and O–H groups in total. The number of para-hydroxylation sites is 1. The summed E-state index contributed by atoms with van der Waals surface area (Å²) in [5.74, 6) is 0.616. The molecule has 4 rings (SSSR count). The summed E-state index contributed by atoms with van der Waals surface area (Å²) < 4.78 is 5.63. The average molecular weight is 398 g/mol. The molecule has 2 aliphatic heterocycles. The molecule has 0 aliphatic carbocycles. The maximum absolute atomic E-state index is 12.7. The number of oxazole rings is 1. The summed E-state index contributed by atoms with van der Waals surface area (Å²) in [4.78, 5) is 26.2. The van der Waals surface area contributed by atoms with Crippen LogP contribution in [-0.4, -0.2) is 84.5 Å². The summed E-state index contributed by atoms with van der Waals surface area (Å²) in [7, 11) is 0. The van der Waals surface area contributed by atoms with E-state index in [1.807, 2.05) is 4.90 Å². The number of amides is 1. The van der Waals surface area contributed by atoms with Crippen molar-refractivity contribution in [3.63, 3.8) is 0 Å². The van der Waals surface area contributed by atoms with Crippen LogP contribution in [0.25, 0.3) is 0 Å². The number of nitrogens with zero attached hydrogens (tertiary/aromatic N) is 5. The van der Waals surface area contributed by atoms with Crippen LogP contribution >= 0.6 is 0 Å². The first-order chi connectivity index (χ1) is 14.1. The lowest BCUT2D eigenvalue weighted by atomic mass is 10.1. The van der Waals surface area contributed by atoms with Gasteiger partial charge in [-0.2, -0.15) is 0 Å². The van der Waals surface area contributed by atoms with Crippen LogP contribution in [0.1, 0.15) is 28.9 Å². The van der Waals surface area contributed by atoms with Crippen LogP contribution in [0.15, 0.2) is 34.9 Å². The molecule has 0 bridgehead atoms. The molecule has 2 saturated heterocycles. The monoisotopic (exact) mass is 397 g/mol. The molecular weight excluding hydrogens is 366 g/mol. The molecule has 0 radical (unpaired) electrons. The Labute approximate surface area is 172 Å². The fraction of sp³-hybridized carbons (Fsp3) is 0.545. The zero-order chi connectivity index (χ0) is 20.2. The molecule has 2 fully saturated rings. The summed E-state index contributed by atoms with van der Waals surface area (Å²) in [5, 5.41) is 0. The third-order valence-corrected chi connectivity index (χ3v) is 6.06. The predicted octanol–water partition coefficient (Wildman–Crippen LogP) is 2.08. The van der Waals surface area contributed by atoms with Crippen molar-refractivity contribution in [3.8, 4) is 0 Å². The number of aromatic nitrogens is 1. The standard InChI is InChI=1S/C22H31N5O2/c1-3-24-8-14-27(15-9-24)22(28)19-17-29-21(23-19)16-25-10-12-26(13-11-25)20-7-5-4-6-18(20)2/h4-7,17H,3,8-16H2,1-2H3. The van der Waals surface area contributed by atoms with E-state index >= 15 is 0 Å². The molecule has 0 spiro atoms. The number of aryl methyl sites for hydroxylation is 1. The van der Waals surface area contributed by atoms with Crippen LogP contribution in [0.2, 0.25) is 0 Å². The minimum absolute atomic E-state index is 0.0138. The second-order valence-electron chi connectivity index (χ2n) is 7.90. The molecule has 1 aromatic heterocycles. The second kappa shape index (κ2) is 8.97. The fourth-order valence-electron chi connectivity index (χ4n) is 4.17. The van der Waals surface area contributed by atoms with Crippen molar-refractivity contribution in [2.75, 3.05) is 63.8 Å². The first-order valence-corrected chi connectivity index (χ1v) is 10.6. The van der Waals surface area contributed by atoms with Crippen molar-refractivity contribution >= 4 is 11.6 Å². The first-order valence-electron chi connectivity index (χ1n) is 10.6. The number of rotatable bonds is 5. The van der Waals surface area contributed by atoms with Crippen molar-refractivity contribution < 1.29 is 9.21 Å². The van der Waals surface area contributed by atoms with Gasteiger partial charge in [-0.05, 0) is 25.1 Å². The number of hydrogen-bond acceptors (Lipinski definition) is 6. The molecule has 3 heterocycles. The molecule has 7 nitrogen and oxygen atoms in total. The van der Waals surface area contributed by atoms with E-state index in [2.05, 4.69) is 57.8 Å². The molecule has 1 aromatic carbocycles. The molecule has 0 atom stereocenters. The molecule has 2 aliphatic rings. The van der Waals surface area contributed by atoms with Crippen LogP contribution < -0.4 is 4.90 Å². The topological polar surface area (TPSA) is 56.1 Å². The van der Waals surface area contributed by atoms with Crippen LogP contribution in [0.3, 0.4) is 0 Å². The van der Waals surface area contributed by atoms with Gasteiger partial charge in [0.1, 0.15) is 6.26 Å². The van der Waals surface area contributed by atoms with Gasteiger partial charge in [-0.1, -0.05) is 25.1 Å². The van der Waals surface area contributed by atoms with E-state index in [-0.39, 0.29) is 5.91 Å². The Kier molecular flexibility index (Phi) is 6.16. The summed E-state index contributed by atoms with van der Waals surface area (Å²) in [6.45, 7) is 13.3. The Balaban J connectivity index is 1.29. The van der Waals surface area contributed by atoms with E-state index in [4.69, 9.17) is 4.42 Å². The lowest BCUT2D eigenvalue weighted by molar-refractivity contribution is 0.0637. The van der Waals surface area contributed by atoms with Gasteiger partial charge >= 0.3 is 0 Å². The SMILES string of the molecule is CCN1CCN(C(=O)c2coc(CN3CCN(c4ccccc4C)CC3)n2)CC1. The van der Waals surface area contributed by atoms with Gasteiger partial charge in [0.15, 0.2) is 5.69 Å². The van der Waals surface area contributed by atoms with E-state index in [0.717, 1.165) is 58.9 Å². The van der Waals surface area contributed by atoms with Crippen LogP contribution in [0.4, 0.5) is 5.69 Å². The van der Waals surface area contributed by atoms with Crippen molar-refractivity contribution in [3.05, 3.63) is 47.7 Å². The molecule has 0 saturated carbocycles. The molecule has 156 valence electrons. The van der Waals surface area contributed by atoms with E-state index in [0.29, 0.717) is 18.1 Å². The Hall–Kier alpha value is -2.38. The number of carbonyl (C=O) groups is 1. The van der Waals surface area contributed by atoms with Crippen molar-refractivity contribution in [1.82, 2.24) is 19.7 Å². The molecule has 2 aromatic rings. The molecular formula is C22H31N5O2. The Morgan fingerprint density at radius 2 is 1.69 bits per heavy atom. The summed E-state index contributed by atoms with van der Waals surface area (Å²) in [6.07, 6.45) is 1.52. The van der Waals surface area contributed by atoms with Gasteiger partial charge in [0.05, 0.1) is 6.54 Å². The van der Waals surface area contributed by atoms with Crippen LogP contribution in [0.5, 0.6) is 0 Å². The number of benzene rings is 1. The van der Waals surface area contributed by atoms with Gasteiger partial charge in [-0.25, -0.2) is 4.98 Å². The van der Waals surface area contributed by atoms with Gasteiger partial charge in [0.2, 0.25) is 5.89 Å². The maximum atomic E-state index is 12.7. The second-order valence-corrected chi connectivity index (χ2v) is 7.90. The maximum Gasteiger partial charge on any atom is 0.275 e. The molecule has 1 amide bonds. The highest BCUT2D eigenvalue weighted by molar-refractivity contribution is 5.92. The fourth-order valence-corrected chi connectivity index (χ4v) is 4.17. The number of anilines is 1. The van der Waals surface area contributed by atoms with Crippen LogP contribution in [-0.2, 0) is 6.54 Å². The highest BCUT2D eigenvalue weighted by atomic mass is 16.3. The molecule has 0 unspecified atom stereocenters. The van der Waals surface area contributed by atoms with Crippen LogP contribution in [0, 0.1) is 6.92 Å². The zero-order valence-electron chi connectivity index (χ0n) is 17.5. The van der Waals surface area contributed by atoms with Gasteiger partial charge in [0, 0.05) is 58.0 Å². The average Bonchev–Trinajstić information content (AvgIpc) is 3.23. The lowest BCUT2D eigenvalue weighted by Crippen LogP contribution is -2.48. The van der Waals surface area contributed by atoms with Gasteiger partial charge in [-0.15, -0.1) is 0 Å². The smallest absolute Gasteiger partial charge is 0.275 e. The number of hydrogen-bond donors (Lipinski definition) is 0. The first kappa shape index (κ1) is 19.9. The molecule has 7 heteroatoms. The van der Waals surface area contributed by atoms with E-state index in [9.17, 15) is 4.79 Å². The summed E-state index contributed by atoms with van der Waals surface area (Å²) in [5.41, 5.74) is 3.07. The minimum Gasteiger partial charge on any atom is -0.447 e. The van der Waals surface area contributed by atoms with E-state index in [1.165, 1.54) is 17.5 Å². The van der Waals surface area contributed by atoms with E-state index < -0.39 is 0 Å². The largest absolute Gasteiger partial charge is 0.447 e. The number of carbonyl (C=O) groups excluding carboxylic acids is 1. The third kappa shape index (κ3) is 4.62. The third-order valence-electron chi connectivity index (χ3n) is 6.06. The lowest BCUT2D eigenvalue weighted by Gasteiger charge is -2.36. The molecule has 29 heavy (non-hydrogen) atoms. The Bertz CT molecular complexity index is 820. The Morgan fingerprint density at radius 1 is 1.00 bits per heavy atom. The van der Waals surface area contributed by atoms with E-state index in [1.54, 1.807) is 0 Å². The van der Waals surface area contributed by atoms with Gasteiger partial charge in [0.25, 0.3) is 5.91 Å². The Morgan fingerprint density at radius 3 is 2.38 bits per heavy atom. The quantitative estimate of drug-likeness (QED) is 0.770. The van der Waals surface area contributed by atoms with Gasteiger partial charge in [-0.3, -0.25) is 9.69 Å². The highest BCUT2D eigenvalue weighted by Gasteiger charge is 2.25.